The molecule has 0 unspecified atom stereocenters. The quantitative estimate of drug-likeness (QED) is 0.603. The van der Waals surface area contributed by atoms with Crippen molar-refractivity contribution in [1.82, 2.24) is 4.90 Å². The third-order valence-corrected chi connectivity index (χ3v) is 3.32. The van der Waals surface area contributed by atoms with Gasteiger partial charge in [0.25, 0.3) is 0 Å². The lowest BCUT2D eigenvalue weighted by molar-refractivity contribution is -0.130. The Morgan fingerprint density at radius 3 is 1.93 bits per heavy atom. The van der Waals surface area contributed by atoms with Gasteiger partial charge in [-0.15, -0.1) is 6.58 Å². The number of hydrogen-bond acceptors (Lipinski definition) is 2. The number of carbonyl (C=O) groups is 1. The summed E-state index contributed by atoms with van der Waals surface area (Å²) >= 11 is 0. The molecule has 0 aliphatic heterocycles. The first-order valence-corrected chi connectivity index (χ1v) is 5.75. The summed E-state index contributed by atoms with van der Waals surface area (Å²) < 4.78 is 0. The predicted molar refractivity (Wildman–Crippen MR) is 66.1 cm³/mol. The number of carbonyl (C=O) groups excluding carboxylic acids is 1. The first-order chi connectivity index (χ1) is 6.90. The van der Waals surface area contributed by atoms with Gasteiger partial charge in [0.1, 0.15) is 0 Å². The van der Waals surface area contributed by atoms with Gasteiger partial charge in [-0.25, -0.2) is 0 Å². The maximum Gasteiger partial charge on any atom is 0.153 e. The Morgan fingerprint density at radius 1 is 1.20 bits per heavy atom. The molecule has 0 bridgehead atoms. The molecule has 0 N–H and O–H groups in total. The van der Waals surface area contributed by atoms with E-state index in [-0.39, 0.29) is 5.54 Å². The third-order valence-electron chi connectivity index (χ3n) is 3.32. The van der Waals surface area contributed by atoms with Crippen LogP contribution < -0.4 is 0 Å². The van der Waals surface area contributed by atoms with Crippen molar-refractivity contribution in [2.75, 3.05) is 14.1 Å². The Kier molecular flexibility index (Phi) is 5.81. The second-order valence-electron chi connectivity index (χ2n) is 4.51. The van der Waals surface area contributed by atoms with Crippen molar-refractivity contribution in [2.24, 2.45) is 0 Å². The van der Waals surface area contributed by atoms with Gasteiger partial charge in [-0.05, 0) is 40.3 Å². The van der Waals surface area contributed by atoms with Crippen molar-refractivity contribution < 1.29 is 4.79 Å². The van der Waals surface area contributed by atoms with Crippen LogP contribution in [-0.4, -0.2) is 30.3 Å². The monoisotopic (exact) mass is 211 g/mol. The van der Waals surface area contributed by atoms with E-state index in [0.717, 1.165) is 24.8 Å². The maximum absolute atomic E-state index is 12.2. The van der Waals surface area contributed by atoms with Gasteiger partial charge in [-0.1, -0.05) is 19.4 Å². The fourth-order valence-corrected chi connectivity index (χ4v) is 2.09. The molecule has 88 valence electrons. The van der Waals surface area contributed by atoms with Gasteiger partial charge in [0, 0.05) is 6.42 Å². The lowest BCUT2D eigenvalue weighted by Gasteiger charge is -2.37. The van der Waals surface area contributed by atoms with E-state index in [1.54, 1.807) is 0 Å². The Balaban J connectivity index is 4.62. The van der Waals surface area contributed by atoms with Gasteiger partial charge >= 0.3 is 0 Å². The van der Waals surface area contributed by atoms with Gasteiger partial charge in [-0.3, -0.25) is 9.69 Å². The van der Waals surface area contributed by atoms with Crippen LogP contribution >= 0.6 is 0 Å². The van der Waals surface area contributed by atoms with Gasteiger partial charge in [0.15, 0.2) is 5.78 Å². The molecule has 0 saturated carbocycles. The van der Waals surface area contributed by atoms with Crippen LogP contribution in [-0.2, 0) is 4.79 Å². The van der Waals surface area contributed by atoms with Gasteiger partial charge in [0.2, 0.25) is 0 Å². The van der Waals surface area contributed by atoms with Crippen LogP contribution in [0, 0.1) is 0 Å². The summed E-state index contributed by atoms with van der Waals surface area (Å²) in [6.07, 6.45) is 3.20. The van der Waals surface area contributed by atoms with Crippen LogP contribution in [0.2, 0.25) is 0 Å². The summed E-state index contributed by atoms with van der Waals surface area (Å²) in [5.74, 6) is 0.348. The largest absolute Gasteiger partial charge is 0.298 e. The Morgan fingerprint density at radius 2 is 1.67 bits per heavy atom. The van der Waals surface area contributed by atoms with Crippen molar-refractivity contribution in [2.45, 2.75) is 52.0 Å². The summed E-state index contributed by atoms with van der Waals surface area (Å²) in [5.41, 5.74) is 0.818. The summed E-state index contributed by atoms with van der Waals surface area (Å²) in [7, 11) is 3.98. The molecule has 0 aliphatic rings. The Bertz CT molecular complexity index is 227. The molecular formula is C13H25NO. The first kappa shape index (κ1) is 14.4. The average molecular weight is 211 g/mol. The molecule has 0 radical (unpaired) electrons. The Hall–Kier alpha value is -0.630. The molecule has 2 heteroatoms. The minimum atomic E-state index is -0.268. The van der Waals surface area contributed by atoms with Crippen molar-refractivity contribution in [1.29, 1.82) is 0 Å². The summed E-state index contributed by atoms with van der Waals surface area (Å²) in [5, 5.41) is 0. The second kappa shape index (κ2) is 6.06. The molecule has 0 atom stereocenters. The van der Waals surface area contributed by atoms with Crippen LogP contribution in [0.25, 0.3) is 0 Å². The van der Waals surface area contributed by atoms with Crippen molar-refractivity contribution >= 4 is 5.78 Å². The molecule has 0 saturated heterocycles. The first-order valence-electron chi connectivity index (χ1n) is 5.75. The normalized spacial score (nSPS) is 11.9. The Labute approximate surface area is 94.4 Å². The number of rotatable bonds is 7. The molecule has 15 heavy (non-hydrogen) atoms. The minimum absolute atomic E-state index is 0.268. The highest BCUT2D eigenvalue weighted by molar-refractivity contribution is 5.88. The van der Waals surface area contributed by atoms with Crippen LogP contribution in [0.15, 0.2) is 12.2 Å². The van der Waals surface area contributed by atoms with E-state index in [1.165, 1.54) is 0 Å². The van der Waals surface area contributed by atoms with E-state index in [9.17, 15) is 4.79 Å². The molecule has 0 fully saturated rings. The molecule has 0 heterocycles. The molecular weight excluding hydrogens is 186 g/mol. The maximum atomic E-state index is 12.2. The zero-order valence-corrected chi connectivity index (χ0v) is 10.9. The van der Waals surface area contributed by atoms with Crippen LogP contribution in [0.3, 0.4) is 0 Å². The highest BCUT2D eigenvalue weighted by Crippen LogP contribution is 2.25. The SMILES string of the molecule is C=C(C)CCC(=O)C(CC)(CC)N(C)C. The van der Waals surface area contributed by atoms with Crippen molar-refractivity contribution in [3.63, 3.8) is 0 Å². The lowest BCUT2D eigenvalue weighted by Crippen LogP contribution is -2.50. The topological polar surface area (TPSA) is 20.3 Å². The van der Waals surface area contributed by atoms with E-state index < -0.39 is 0 Å². The number of Topliss-reactive ketones (excluding diaryl/α,β-unsaturated/α-hetero) is 1. The fraction of sp³-hybridized carbons (Fsp3) is 0.769. The van der Waals surface area contributed by atoms with Gasteiger partial charge < -0.3 is 0 Å². The number of nitrogens with zero attached hydrogens (tertiary/aromatic N) is 1. The van der Waals surface area contributed by atoms with E-state index >= 15 is 0 Å². The van der Waals surface area contributed by atoms with E-state index in [2.05, 4.69) is 25.3 Å². The molecule has 0 rings (SSSR count). The summed E-state index contributed by atoms with van der Waals surface area (Å²) in [6.45, 7) is 9.99. The number of ketones is 1. The van der Waals surface area contributed by atoms with Gasteiger partial charge in [0.05, 0.1) is 5.54 Å². The van der Waals surface area contributed by atoms with E-state index in [4.69, 9.17) is 0 Å². The number of hydrogen-bond donors (Lipinski definition) is 0. The molecule has 0 aromatic heterocycles. The van der Waals surface area contributed by atoms with Crippen LogP contribution in [0.1, 0.15) is 46.5 Å². The second-order valence-corrected chi connectivity index (χ2v) is 4.51. The average Bonchev–Trinajstić information content (AvgIpc) is 2.17. The highest BCUT2D eigenvalue weighted by atomic mass is 16.1. The number of allylic oxidation sites excluding steroid dienone is 1. The third kappa shape index (κ3) is 3.45. The smallest absolute Gasteiger partial charge is 0.153 e. The molecule has 0 aliphatic carbocycles. The van der Waals surface area contributed by atoms with Crippen LogP contribution in [0.5, 0.6) is 0 Å². The molecule has 0 aromatic rings. The standard InChI is InChI=1S/C13H25NO/c1-7-13(8-2,14(5)6)12(15)10-9-11(3)4/h3,7-10H2,1-2,4-6H3. The highest BCUT2D eigenvalue weighted by Gasteiger charge is 2.35. The molecule has 0 spiro atoms. The molecule has 0 aromatic carbocycles. The van der Waals surface area contributed by atoms with E-state index in [1.807, 2.05) is 21.0 Å². The van der Waals surface area contributed by atoms with Crippen molar-refractivity contribution in [3.8, 4) is 0 Å². The minimum Gasteiger partial charge on any atom is -0.298 e. The number of likely N-dealkylation sites (N-methyl/N-ethyl adjacent to an activating group) is 1. The molecule has 2 nitrogen and oxygen atoms in total. The lowest BCUT2D eigenvalue weighted by atomic mass is 9.84. The molecule has 0 amide bonds. The van der Waals surface area contributed by atoms with Crippen molar-refractivity contribution in [3.05, 3.63) is 12.2 Å². The zero-order chi connectivity index (χ0) is 12.1. The van der Waals surface area contributed by atoms with Gasteiger partial charge in [-0.2, -0.15) is 0 Å². The fourth-order valence-electron chi connectivity index (χ4n) is 2.09. The van der Waals surface area contributed by atoms with E-state index in [0.29, 0.717) is 12.2 Å². The summed E-state index contributed by atoms with van der Waals surface area (Å²) in [6, 6.07) is 0. The predicted octanol–water partition coefficient (Wildman–Crippen LogP) is 3.03. The van der Waals surface area contributed by atoms with Crippen LogP contribution in [0.4, 0.5) is 0 Å². The zero-order valence-electron chi connectivity index (χ0n) is 10.9. The summed E-state index contributed by atoms with van der Waals surface area (Å²) in [4.78, 5) is 14.3.